The van der Waals surface area contributed by atoms with Gasteiger partial charge in [-0.15, -0.1) is 11.3 Å². The monoisotopic (exact) mass is 415 g/mol. The van der Waals surface area contributed by atoms with E-state index >= 15 is 0 Å². The number of benzene rings is 1. The molecule has 28 heavy (non-hydrogen) atoms. The van der Waals surface area contributed by atoms with Crippen LogP contribution in [0.1, 0.15) is 0 Å². The molecule has 1 saturated heterocycles. The maximum Gasteiger partial charge on any atom is 0.236 e. The Morgan fingerprint density at radius 3 is 2.54 bits per heavy atom. The smallest absolute Gasteiger partial charge is 0.236 e. The Morgan fingerprint density at radius 1 is 1.14 bits per heavy atom. The zero-order chi connectivity index (χ0) is 19.7. The summed E-state index contributed by atoms with van der Waals surface area (Å²) in [6, 6.07) is 7.88. The lowest BCUT2D eigenvalue weighted by atomic mass is 10.1. The van der Waals surface area contributed by atoms with Crippen LogP contribution in [0.25, 0.3) is 21.3 Å². The molecule has 6 nitrogen and oxygen atoms in total. The molecule has 0 N–H and O–H groups in total. The third-order valence-corrected chi connectivity index (χ3v) is 6.17. The second-order valence-electron chi connectivity index (χ2n) is 7.09. The molecule has 1 amide bonds. The highest BCUT2D eigenvalue weighted by molar-refractivity contribution is 7.17. The van der Waals surface area contributed by atoms with Gasteiger partial charge in [-0.2, -0.15) is 0 Å². The standard InChI is InChI=1S/C20H22ClN5OS/c1-24(2)17(27)11-25-7-9-26(10-8-25)19-18-16(12-28-20(18)23-13-22-19)14-3-5-15(21)6-4-14/h3-6,12-13H,7-11H2,1-2H3. The average molecular weight is 416 g/mol. The number of nitrogens with zero attached hydrogens (tertiary/aromatic N) is 5. The van der Waals surface area contributed by atoms with E-state index in [0.29, 0.717) is 6.54 Å². The molecule has 1 aliphatic rings. The van der Waals surface area contributed by atoms with Crippen molar-refractivity contribution in [2.45, 2.75) is 0 Å². The Labute approximate surface area is 173 Å². The van der Waals surface area contributed by atoms with E-state index in [2.05, 4.69) is 25.1 Å². The van der Waals surface area contributed by atoms with E-state index in [4.69, 9.17) is 11.6 Å². The number of carbonyl (C=O) groups excluding carboxylic acids is 1. The molecule has 2 aromatic heterocycles. The first-order chi connectivity index (χ1) is 13.5. The molecule has 3 aromatic rings. The summed E-state index contributed by atoms with van der Waals surface area (Å²) in [7, 11) is 3.59. The Balaban J connectivity index is 1.59. The Morgan fingerprint density at radius 2 is 1.86 bits per heavy atom. The molecule has 0 saturated carbocycles. The predicted octanol–water partition coefficient (Wildman–Crippen LogP) is 3.22. The normalized spacial score (nSPS) is 15.2. The quantitative estimate of drug-likeness (QED) is 0.654. The Bertz CT molecular complexity index is 980. The molecule has 0 bridgehead atoms. The number of rotatable bonds is 4. The van der Waals surface area contributed by atoms with Gasteiger partial charge < -0.3 is 9.80 Å². The zero-order valence-electron chi connectivity index (χ0n) is 15.9. The first-order valence-corrected chi connectivity index (χ1v) is 10.4. The summed E-state index contributed by atoms with van der Waals surface area (Å²) in [6.45, 7) is 3.82. The summed E-state index contributed by atoms with van der Waals surface area (Å²) < 4.78 is 0. The van der Waals surface area contributed by atoms with E-state index in [1.54, 1.807) is 36.7 Å². The van der Waals surface area contributed by atoms with Crippen LogP contribution < -0.4 is 4.90 Å². The molecule has 4 rings (SSSR count). The topological polar surface area (TPSA) is 52.6 Å². The van der Waals surface area contributed by atoms with Crippen LogP contribution >= 0.6 is 22.9 Å². The predicted molar refractivity (Wildman–Crippen MR) is 115 cm³/mol. The maximum absolute atomic E-state index is 12.0. The van der Waals surface area contributed by atoms with Crippen molar-refractivity contribution in [2.75, 3.05) is 51.7 Å². The summed E-state index contributed by atoms with van der Waals surface area (Å²) in [5.41, 5.74) is 2.25. The lowest BCUT2D eigenvalue weighted by Gasteiger charge is -2.35. The number of amides is 1. The van der Waals surface area contributed by atoms with Crippen LogP contribution in [0, 0.1) is 0 Å². The first kappa shape index (κ1) is 19.1. The summed E-state index contributed by atoms with van der Waals surface area (Å²) in [5.74, 6) is 1.11. The number of likely N-dealkylation sites (N-methyl/N-ethyl adjacent to an activating group) is 1. The lowest BCUT2D eigenvalue weighted by molar-refractivity contribution is -0.129. The summed E-state index contributed by atoms with van der Waals surface area (Å²) in [5, 5.41) is 3.95. The van der Waals surface area contributed by atoms with Crippen molar-refractivity contribution in [3.05, 3.63) is 41.0 Å². The van der Waals surface area contributed by atoms with Crippen LogP contribution in [0.3, 0.4) is 0 Å². The van der Waals surface area contributed by atoms with Gasteiger partial charge in [0.15, 0.2) is 0 Å². The van der Waals surface area contributed by atoms with E-state index in [-0.39, 0.29) is 5.91 Å². The van der Waals surface area contributed by atoms with Gasteiger partial charge in [0.1, 0.15) is 17.0 Å². The maximum atomic E-state index is 12.0. The number of hydrogen-bond acceptors (Lipinski definition) is 6. The molecular formula is C20H22ClN5OS. The molecule has 0 aliphatic carbocycles. The minimum atomic E-state index is 0.140. The van der Waals surface area contributed by atoms with Crippen LogP contribution in [0.2, 0.25) is 5.02 Å². The fraction of sp³-hybridized carbons (Fsp3) is 0.350. The van der Waals surface area contributed by atoms with Crippen molar-refractivity contribution in [1.82, 2.24) is 19.8 Å². The number of carbonyl (C=O) groups is 1. The first-order valence-electron chi connectivity index (χ1n) is 9.18. The SMILES string of the molecule is CN(C)C(=O)CN1CCN(c2ncnc3scc(-c4ccc(Cl)cc4)c23)CC1. The number of halogens is 1. The van der Waals surface area contributed by atoms with Crippen molar-refractivity contribution < 1.29 is 4.79 Å². The average Bonchev–Trinajstić information content (AvgIpc) is 3.13. The van der Waals surface area contributed by atoms with Crippen molar-refractivity contribution >= 4 is 44.9 Å². The largest absolute Gasteiger partial charge is 0.353 e. The van der Waals surface area contributed by atoms with E-state index < -0.39 is 0 Å². The lowest BCUT2D eigenvalue weighted by Crippen LogP contribution is -2.49. The summed E-state index contributed by atoms with van der Waals surface area (Å²) >= 11 is 7.68. The summed E-state index contributed by atoms with van der Waals surface area (Å²) in [4.78, 5) is 28.2. The van der Waals surface area contributed by atoms with Gasteiger partial charge in [-0.1, -0.05) is 23.7 Å². The molecular weight excluding hydrogens is 394 g/mol. The van der Waals surface area contributed by atoms with Gasteiger partial charge in [0.05, 0.1) is 11.9 Å². The number of aromatic nitrogens is 2. The Hall–Kier alpha value is -2.22. The Kier molecular flexibility index (Phi) is 5.48. The highest BCUT2D eigenvalue weighted by Crippen LogP contribution is 2.38. The minimum Gasteiger partial charge on any atom is -0.353 e. The van der Waals surface area contributed by atoms with E-state index in [9.17, 15) is 4.79 Å². The van der Waals surface area contributed by atoms with Gasteiger partial charge >= 0.3 is 0 Å². The number of piperazine rings is 1. The number of thiophene rings is 1. The molecule has 0 atom stereocenters. The van der Waals surface area contributed by atoms with Crippen LogP contribution in [-0.4, -0.2) is 72.5 Å². The van der Waals surface area contributed by atoms with Crippen LogP contribution in [0.4, 0.5) is 5.82 Å². The van der Waals surface area contributed by atoms with E-state index in [1.165, 1.54) is 0 Å². The molecule has 1 aliphatic heterocycles. The van der Waals surface area contributed by atoms with Crippen molar-refractivity contribution in [2.24, 2.45) is 0 Å². The molecule has 1 fully saturated rings. The fourth-order valence-electron chi connectivity index (χ4n) is 3.39. The number of hydrogen-bond donors (Lipinski definition) is 0. The fourth-order valence-corrected chi connectivity index (χ4v) is 4.43. The number of fused-ring (bicyclic) bond motifs is 1. The van der Waals surface area contributed by atoms with Crippen LogP contribution in [0.5, 0.6) is 0 Å². The summed E-state index contributed by atoms with van der Waals surface area (Å²) in [6.07, 6.45) is 1.64. The minimum absolute atomic E-state index is 0.140. The molecule has 1 aromatic carbocycles. The third kappa shape index (κ3) is 3.83. The molecule has 146 valence electrons. The van der Waals surface area contributed by atoms with Gasteiger partial charge in [-0.25, -0.2) is 9.97 Å². The van der Waals surface area contributed by atoms with E-state index in [0.717, 1.165) is 58.4 Å². The molecule has 3 heterocycles. The van der Waals surface area contributed by atoms with Crippen LogP contribution in [-0.2, 0) is 4.79 Å². The molecule has 8 heteroatoms. The van der Waals surface area contributed by atoms with Crippen molar-refractivity contribution in [1.29, 1.82) is 0 Å². The van der Waals surface area contributed by atoms with E-state index in [1.807, 2.05) is 24.3 Å². The third-order valence-electron chi connectivity index (χ3n) is 5.03. The van der Waals surface area contributed by atoms with Gasteiger partial charge in [-0.3, -0.25) is 9.69 Å². The molecule has 0 unspecified atom stereocenters. The second-order valence-corrected chi connectivity index (χ2v) is 8.38. The van der Waals surface area contributed by atoms with Gasteiger partial charge in [0, 0.05) is 56.2 Å². The van der Waals surface area contributed by atoms with Crippen LogP contribution in [0.15, 0.2) is 36.0 Å². The van der Waals surface area contributed by atoms with Gasteiger partial charge in [0.2, 0.25) is 5.91 Å². The van der Waals surface area contributed by atoms with Gasteiger partial charge in [0.25, 0.3) is 0 Å². The second kappa shape index (κ2) is 8.03. The molecule has 0 spiro atoms. The zero-order valence-corrected chi connectivity index (χ0v) is 17.5. The van der Waals surface area contributed by atoms with Gasteiger partial charge in [-0.05, 0) is 17.7 Å². The number of anilines is 1. The molecule has 0 radical (unpaired) electrons. The van der Waals surface area contributed by atoms with Crippen molar-refractivity contribution in [3.63, 3.8) is 0 Å². The highest BCUT2D eigenvalue weighted by Gasteiger charge is 2.23. The van der Waals surface area contributed by atoms with Crippen molar-refractivity contribution in [3.8, 4) is 11.1 Å². The highest BCUT2D eigenvalue weighted by atomic mass is 35.5.